The van der Waals surface area contributed by atoms with Gasteiger partial charge in [-0.3, -0.25) is 10.1 Å². The number of nitrogens with zero attached hydrogens (tertiary/aromatic N) is 2. The number of hydrogen-bond acceptors (Lipinski definition) is 6. The van der Waals surface area contributed by atoms with E-state index in [1.54, 1.807) is 13.0 Å². The second-order valence-corrected chi connectivity index (χ2v) is 6.36. The molecule has 0 N–H and O–H groups in total. The molecule has 2 aromatic rings. The van der Waals surface area contributed by atoms with E-state index in [1.165, 1.54) is 17.4 Å². The van der Waals surface area contributed by atoms with Crippen molar-refractivity contribution in [1.29, 1.82) is 0 Å². The van der Waals surface area contributed by atoms with E-state index < -0.39 is 0 Å². The quantitative estimate of drug-likeness (QED) is 0.494. The third-order valence-electron chi connectivity index (χ3n) is 3.87. The summed E-state index contributed by atoms with van der Waals surface area (Å²) in [5.74, 6) is -0.345. The third-order valence-corrected chi connectivity index (χ3v) is 5.04. The van der Waals surface area contributed by atoms with Crippen LogP contribution >= 0.6 is 11.3 Å². The zero-order chi connectivity index (χ0) is 15.9. The third kappa shape index (κ3) is 2.36. The Labute approximate surface area is 131 Å². The highest BCUT2D eigenvalue weighted by Crippen LogP contribution is 2.40. The maximum Gasteiger partial charge on any atom is 0.348 e. The van der Waals surface area contributed by atoms with Gasteiger partial charge in [0.15, 0.2) is 0 Å². The topological polar surface area (TPSA) is 72.7 Å². The molecule has 0 atom stereocenters. The van der Waals surface area contributed by atoms with Gasteiger partial charge in [0.1, 0.15) is 4.88 Å². The van der Waals surface area contributed by atoms with E-state index in [4.69, 9.17) is 4.74 Å². The lowest BCUT2D eigenvalue weighted by Crippen LogP contribution is -2.19. The molecule has 1 aromatic heterocycles. The van der Waals surface area contributed by atoms with Crippen LogP contribution in [0.25, 0.3) is 10.1 Å². The second kappa shape index (κ2) is 5.66. The van der Waals surface area contributed by atoms with E-state index in [-0.39, 0.29) is 16.6 Å². The second-order valence-electron chi connectivity index (χ2n) is 5.31. The highest BCUT2D eigenvalue weighted by molar-refractivity contribution is 7.21. The van der Waals surface area contributed by atoms with Gasteiger partial charge in [-0.1, -0.05) is 0 Å². The summed E-state index contributed by atoms with van der Waals surface area (Å²) in [5.41, 5.74) is 1.73. The molecule has 0 fully saturated rings. The maximum absolute atomic E-state index is 12.2. The van der Waals surface area contributed by atoms with Crippen LogP contribution in [0.5, 0.6) is 0 Å². The van der Waals surface area contributed by atoms with Gasteiger partial charge < -0.3 is 9.64 Å². The van der Waals surface area contributed by atoms with E-state index in [9.17, 15) is 14.9 Å². The number of rotatable bonds is 3. The lowest BCUT2D eigenvalue weighted by molar-refractivity contribution is -0.385. The lowest BCUT2D eigenvalue weighted by atomic mass is 10.0. The number of ether oxygens (including phenoxy) is 1. The van der Waals surface area contributed by atoms with Crippen LogP contribution in [0, 0.1) is 10.1 Å². The summed E-state index contributed by atoms with van der Waals surface area (Å²) in [4.78, 5) is 25.8. The van der Waals surface area contributed by atoms with Gasteiger partial charge in [-0.05, 0) is 32.0 Å². The molecule has 3 rings (SSSR count). The van der Waals surface area contributed by atoms with E-state index in [0.29, 0.717) is 24.4 Å². The number of benzene rings is 1. The number of carbonyl (C=O) groups is 1. The van der Waals surface area contributed by atoms with Gasteiger partial charge in [-0.2, -0.15) is 0 Å². The number of esters is 1. The first-order valence-electron chi connectivity index (χ1n) is 7.10. The van der Waals surface area contributed by atoms with Crippen molar-refractivity contribution in [3.05, 3.63) is 38.3 Å². The van der Waals surface area contributed by atoms with E-state index in [2.05, 4.69) is 4.90 Å². The van der Waals surface area contributed by atoms with Crippen molar-refractivity contribution in [2.24, 2.45) is 0 Å². The first-order chi connectivity index (χ1) is 10.5. The highest BCUT2D eigenvalue weighted by atomic mass is 32.1. The Kier molecular flexibility index (Phi) is 3.84. The SMILES string of the molecule is CCOC(=O)c1sc2ccc([N+](=O)[O-])c3c2c1CN(C)CC3. The van der Waals surface area contributed by atoms with Gasteiger partial charge in [-0.15, -0.1) is 11.3 Å². The zero-order valence-electron chi connectivity index (χ0n) is 12.4. The Balaban J connectivity index is 2.28. The highest BCUT2D eigenvalue weighted by Gasteiger charge is 2.28. The normalized spacial score (nSPS) is 14.8. The standard InChI is InChI=1S/C15H16N2O4S/c1-3-21-15(18)14-10-8-16(2)7-6-9-11(17(19)20)4-5-12(22-14)13(9)10/h4-5H,3,6-8H2,1-2H3. The summed E-state index contributed by atoms with van der Waals surface area (Å²) in [7, 11) is 1.95. The molecule has 2 heterocycles. The molecule has 6 nitrogen and oxygen atoms in total. The first-order valence-corrected chi connectivity index (χ1v) is 7.91. The van der Waals surface area contributed by atoms with Crippen LogP contribution in [0.4, 0.5) is 5.69 Å². The van der Waals surface area contributed by atoms with Crippen molar-refractivity contribution in [2.75, 3.05) is 20.2 Å². The van der Waals surface area contributed by atoms with Crippen LogP contribution in [-0.4, -0.2) is 36.0 Å². The minimum Gasteiger partial charge on any atom is -0.462 e. The monoisotopic (exact) mass is 320 g/mol. The molecule has 1 aliphatic heterocycles. The molecule has 0 saturated heterocycles. The van der Waals surface area contributed by atoms with Crippen molar-refractivity contribution in [3.8, 4) is 0 Å². The predicted octanol–water partition coefficient (Wildman–Crippen LogP) is 2.97. The summed E-state index contributed by atoms with van der Waals surface area (Å²) in [6.07, 6.45) is 0.607. The number of likely N-dealkylation sites (N-methyl/N-ethyl adjacent to an activating group) is 1. The van der Waals surface area contributed by atoms with E-state index >= 15 is 0 Å². The van der Waals surface area contributed by atoms with Crippen LogP contribution in [0.2, 0.25) is 0 Å². The Morgan fingerprint density at radius 2 is 2.23 bits per heavy atom. The minimum absolute atomic E-state index is 0.136. The van der Waals surface area contributed by atoms with Crippen LogP contribution in [0.3, 0.4) is 0 Å². The number of nitro groups is 1. The smallest absolute Gasteiger partial charge is 0.348 e. The van der Waals surface area contributed by atoms with Gasteiger partial charge >= 0.3 is 5.97 Å². The van der Waals surface area contributed by atoms with Crippen LogP contribution in [-0.2, 0) is 17.7 Å². The van der Waals surface area contributed by atoms with Crippen molar-refractivity contribution in [2.45, 2.75) is 19.9 Å². The zero-order valence-corrected chi connectivity index (χ0v) is 13.2. The van der Waals surface area contributed by atoms with Gasteiger partial charge in [0, 0.05) is 34.8 Å². The number of hydrogen-bond donors (Lipinski definition) is 0. The molecule has 1 aliphatic rings. The van der Waals surface area contributed by atoms with Crippen molar-refractivity contribution >= 4 is 33.1 Å². The molecule has 0 unspecified atom stereocenters. The number of nitro benzene ring substituents is 1. The van der Waals surface area contributed by atoms with E-state index in [0.717, 1.165) is 27.8 Å². The molecule has 1 aromatic carbocycles. The molecule has 22 heavy (non-hydrogen) atoms. The summed E-state index contributed by atoms with van der Waals surface area (Å²) in [6.45, 7) is 3.41. The fraction of sp³-hybridized carbons (Fsp3) is 0.400. The molecule has 0 spiro atoms. The van der Waals surface area contributed by atoms with E-state index in [1.807, 2.05) is 7.05 Å². The molecule has 0 saturated carbocycles. The Morgan fingerprint density at radius 1 is 1.45 bits per heavy atom. The summed E-state index contributed by atoms with van der Waals surface area (Å²) >= 11 is 1.36. The molecular formula is C15H16N2O4S. The summed E-state index contributed by atoms with van der Waals surface area (Å²) in [6, 6.07) is 3.28. The predicted molar refractivity (Wildman–Crippen MR) is 84.5 cm³/mol. The van der Waals surface area contributed by atoms with Crippen molar-refractivity contribution in [1.82, 2.24) is 4.90 Å². The molecule has 0 amide bonds. The van der Waals surface area contributed by atoms with Crippen LogP contribution < -0.4 is 0 Å². The summed E-state index contributed by atoms with van der Waals surface area (Å²) < 4.78 is 6.05. The van der Waals surface area contributed by atoms with Crippen LogP contribution in [0.15, 0.2) is 12.1 Å². The minimum atomic E-state index is -0.345. The lowest BCUT2D eigenvalue weighted by Gasteiger charge is -2.13. The fourth-order valence-electron chi connectivity index (χ4n) is 2.90. The average molecular weight is 320 g/mol. The van der Waals surface area contributed by atoms with Crippen LogP contribution in [0.1, 0.15) is 27.7 Å². The molecule has 0 bridgehead atoms. The largest absolute Gasteiger partial charge is 0.462 e. The molecule has 0 aliphatic carbocycles. The Bertz CT molecular complexity index is 768. The maximum atomic E-state index is 12.2. The average Bonchev–Trinajstić information content (AvgIpc) is 2.74. The first kappa shape index (κ1) is 14.9. The molecular weight excluding hydrogens is 304 g/mol. The molecule has 116 valence electrons. The number of carbonyl (C=O) groups excluding carboxylic acids is 1. The number of thiophene rings is 1. The van der Waals surface area contributed by atoms with Crippen molar-refractivity contribution in [3.63, 3.8) is 0 Å². The van der Waals surface area contributed by atoms with Crippen molar-refractivity contribution < 1.29 is 14.5 Å². The Hall–Kier alpha value is -1.99. The van der Waals surface area contributed by atoms with Gasteiger partial charge in [0.25, 0.3) is 5.69 Å². The van der Waals surface area contributed by atoms with Gasteiger partial charge in [0.2, 0.25) is 0 Å². The molecule has 7 heteroatoms. The van der Waals surface area contributed by atoms with Gasteiger partial charge in [0.05, 0.1) is 11.5 Å². The molecule has 0 radical (unpaired) electrons. The van der Waals surface area contributed by atoms with Gasteiger partial charge in [-0.25, -0.2) is 4.79 Å². The fourth-order valence-corrected chi connectivity index (χ4v) is 4.04. The summed E-state index contributed by atoms with van der Waals surface area (Å²) in [5, 5.41) is 12.2. The Morgan fingerprint density at radius 3 is 2.91 bits per heavy atom.